The maximum Gasteiger partial charge on any atom is 0.170 e. The molecule has 6 heteroatoms. The Kier molecular flexibility index (Phi) is 6.48. The zero-order chi connectivity index (χ0) is 15.4. The van der Waals surface area contributed by atoms with Crippen molar-refractivity contribution in [3.05, 3.63) is 19.6 Å². The summed E-state index contributed by atoms with van der Waals surface area (Å²) in [5.41, 5.74) is 0. The van der Waals surface area contributed by atoms with Gasteiger partial charge in [-0.2, -0.15) is 0 Å². The quantitative estimate of drug-likeness (QED) is 0.604. The molecular formula is C16H20O2S4. The highest BCUT2D eigenvalue weighted by atomic mass is 32.2. The summed E-state index contributed by atoms with van der Waals surface area (Å²) in [4.78, 5) is 28.7. The number of ketones is 2. The largest absolute Gasteiger partial charge is 0.294 e. The van der Waals surface area contributed by atoms with Crippen molar-refractivity contribution in [2.45, 2.75) is 38.5 Å². The Balaban J connectivity index is 1.64. The summed E-state index contributed by atoms with van der Waals surface area (Å²) in [6.07, 6.45) is 5.52. The van der Waals surface area contributed by atoms with Gasteiger partial charge in [0.1, 0.15) is 0 Å². The van der Waals surface area contributed by atoms with Crippen LogP contribution in [0.5, 0.6) is 0 Å². The lowest BCUT2D eigenvalue weighted by molar-refractivity contribution is -0.115. The molecule has 0 radical (unpaired) electrons. The normalized spacial score (nSPS) is 25.3. The van der Waals surface area contributed by atoms with Gasteiger partial charge in [0.15, 0.2) is 11.6 Å². The van der Waals surface area contributed by atoms with Crippen LogP contribution < -0.4 is 0 Å². The van der Waals surface area contributed by atoms with E-state index < -0.39 is 0 Å². The molecule has 0 N–H and O–H groups in total. The molecule has 0 spiro atoms. The maximum atomic E-state index is 12.0. The monoisotopic (exact) mass is 372 g/mol. The Labute approximate surface area is 149 Å². The van der Waals surface area contributed by atoms with Crippen molar-refractivity contribution in [1.82, 2.24) is 0 Å². The van der Waals surface area contributed by atoms with Gasteiger partial charge < -0.3 is 0 Å². The van der Waals surface area contributed by atoms with E-state index in [4.69, 9.17) is 0 Å². The lowest BCUT2D eigenvalue weighted by Crippen LogP contribution is -1.97. The van der Waals surface area contributed by atoms with Gasteiger partial charge in [0.05, 0.1) is 9.81 Å². The molecule has 0 unspecified atom stereocenters. The van der Waals surface area contributed by atoms with Gasteiger partial charge >= 0.3 is 0 Å². The Morgan fingerprint density at radius 2 is 0.955 bits per heavy atom. The average Bonchev–Trinajstić information content (AvgIpc) is 3.03. The van der Waals surface area contributed by atoms with Gasteiger partial charge in [-0.3, -0.25) is 9.59 Å². The van der Waals surface area contributed by atoms with Crippen LogP contribution in [0.25, 0.3) is 0 Å². The van der Waals surface area contributed by atoms with Crippen molar-refractivity contribution >= 4 is 58.6 Å². The first-order chi connectivity index (χ1) is 10.8. The van der Waals surface area contributed by atoms with E-state index >= 15 is 0 Å². The first-order valence-electron chi connectivity index (χ1n) is 7.79. The highest BCUT2D eigenvalue weighted by molar-refractivity contribution is 8.08. The Hall–Kier alpha value is 0.220. The van der Waals surface area contributed by atoms with Crippen molar-refractivity contribution < 1.29 is 9.59 Å². The Morgan fingerprint density at radius 1 is 0.545 bits per heavy atom. The third-order valence-electron chi connectivity index (χ3n) is 3.79. The summed E-state index contributed by atoms with van der Waals surface area (Å²) in [5, 5.41) is 0. The SMILES string of the molecule is O=C1CCC2=C1SCCCSC1=C(CCC1=O)SCCCS2. The van der Waals surface area contributed by atoms with Crippen LogP contribution in [0.2, 0.25) is 0 Å². The number of Topliss-reactive ketones (excluding diaryl/α,β-unsaturated/α-hetero) is 2. The number of rotatable bonds is 0. The number of thioether (sulfide) groups is 4. The predicted octanol–water partition coefficient (Wildman–Crippen LogP) is 4.86. The fraction of sp³-hybridized carbons (Fsp3) is 0.625. The van der Waals surface area contributed by atoms with E-state index in [1.807, 2.05) is 23.5 Å². The van der Waals surface area contributed by atoms with E-state index in [1.54, 1.807) is 23.5 Å². The topological polar surface area (TPSA) is 34.1 Å². The van der Waals surface area contributed by atoms with Crippen LogP contribution in [0.1, 0.15) is 38.5 Å². The molecule has 0 atom stereocenters. The standard InChI is InChI=1S/C16H20O2S4/c17-11-3-5-13-15(11)21-9-2-10-22-16-12(18)4-6-14(16)20-8-1-7-19-13/h1-10H2. The Bertz CT molecular complexity index is 490. The molecule has 0 aromatic carbocycles. The smallest absolute Gasteiger partial charge is 0.170 e. The number of carbonyl (C=O) groups is 2. The lowest BCUT2D eigenvalue weighted by Gasteiger charge is -2.09. The number of carbonyl (C=O) groups excluding carboxylic acids is 2. The second-order valence-corrected chi connectivity index (χ2v) is 10.0. The minimum absolute atomic E-state index is 0.345. The van der Waals surface area contributed by atoms with Crippen LogP contribution in [0.4, 0.5) is 0 Å². The van der Waals surface area contributed by atoms with Crippen molar-refractivity contribution in [1.29, 1.82) is 0 Å². The minimum atomic E-state index is 0.345. The Morgan fingerprint density at radius 3 is 1.41 bits per heavy atom. The molecule has 120 valence electrons. The summed E-state index contributed by atoms with van der Waals surface area (Å²) in [6, 6.07) is 0. The lowest BCUT2D eigenvalue weighted by atomic mass is 10.3. The molecule has 3 aliphatic rings. The molecule has 3 rings (SSSR count). The summed E-state index contributed by atoms with van der Waals surface area (Å²) < 4.78 is 0. The van der Waals surface area contributed by atoms with Gasteiger partial charge in [-0.15, -0.1) is 47.0 Å². The molecule has 2 nitrogen and oxygen atoms in total. The summed E-state index contributed by atoms with van der Waals surface area (Å²) >= 11 is 7.25. The molecule has 0 amide bonds. The van der Waals surface area contributed by atoms with Crippen LogP contribution in [-0.4, -0.2) is 34.6 Å². The first-order valence-corrected chi connectivity index (χ1v) is 11.7. The molecule has 1 aliphatic heterocycles. The first kappa shape index (κ1) is 17.1. The third-order valence-corrected chi connectivity index (χ3v) is 9.06. The van der Waals surface area contributed by atoms with E-state index in [-0.39, 0.29) is 0 Å². The molecule has 0 fully saturated rings. The molecule has 1 heterocycles. The van der Waals surface area contributed by atoms with Crippen LogP contribution in [0.15, 0.2) is 19.6 Å². The van der Waals surface area contributed by atoms with E-state index in [0.717, 1.165) is 58.5 Å². The molecule has 0 aromatic heterocycles. The van der Waals surface area contributed by atoms with Crippen LogP contribution in [-0.2, 0) is 9.59 Å². The van der Waals surface area contributed by atoms with E-state index in [9.17, 15) is 9.59 Å². The zero-order valence-electron chi connectivity index (χ0n) is 12.5. The second-order valence-electron chi connectivity index (χ2n) is 5.45. The number of allylic oxidation sites excluding steroid dienone is 4. The predicted molar refractivity (Wildman–Crippen MR) is 102 cm³/mol. The van der Waals surface area contributed by atoms with Crippen molar-refractivity contribution in [2.24, 2.45) is 0 Å². The molecular weight excluding hydrogens is 352 g/mol. The number of hydrogen-bond acceptors (Lipinski definition) is 6. The highest BCUT2D eigenvalue weighted by Crippen LogP contribution is 2.41. The molecule has 22 heavy (non-hydrogen) atoms. The van der Waals surface area contributed by atoms with Crippen molar-refractivity contribution in [3.63, 3.8) is 0 Å². The van der Waals surface area contributed by atoms with Gasteiger partial charge in [0.25, 0.3) is 0 Å². The summed E-state index contributed by atoms with van der Waals surface area (Å²) in [5.74, 6) is 4.84. The molecule has 0 saturated heterocycles. The van der Waals surface area contributed by atoms with Crippen molar-refractivity contribution in [2.75, 3.05) is 23.0 Å². The molecule has 2 aliphatic carbocycles. The van der Waals surface area contributed by atoms with Crippen molar-refractivity contribution in [3.8, 4) is 0 Å². The third kappa shape index (κ3) is 4.19. The van der Waals surface area contributed by atoms with E-state index in [1.165, 1.54) is 9.81 Å². The molecule has 0 bridgehead atoms. The van der Waals surface area contributed by atoms with Gasteiger partial charge in [-0.25, -0.2) is 0 Å². The maximum absolute atomic E-state index is 12.0. The summed E-state index contributed by atoms with van der Waals surface area (Å²) in [7, 11) is 0. The second kappa shape index (κ2) is 8.36. The molecule has 0 saturated carbocycles. The van der Waals surface area contributed by atoms with Gasteiger partial charge in [0, 0.05) is 22.7 Å². The minimum Gasteiger partial charge on any atom is -0.294 e. The number of hydrogen-bond donors (Lipinski definition) is 0. The van der Waals surface area contributed by atoms with E-state index in [2.05, 4.69) is 0 Å². The van der Waals surface area contributed by atoms with Crippen LogP contribution in [0.3, 0.4) is 0 Å². The molecule has 0 aromatic rings. The average molecular weight is 373 g/mol. The van der Waals surface area contributed by atoms with E-state index in [0.29, 0.717) is 24.4 Å². The highest BCUT2D eigenvalue weighted by Gasteiger charge is 2.25. The fourth-order valence-corrected chi connectivity index (χ4v) is 7.84. The van der Waals surface area contributed by atoms with Crippen LogP contribution >= 0.6 is 47.0 Å². The zero-order valence-corrected chi connectivity index (χ0v) is 15.8. The van der Waals surface area contributed by atoms with Gasteiger partial charge in [-0.1, -0.05) is 0 Å². The van der Waals surface area contributed by atoms with Crippen LogP contribution in [0, 0.1) is 0 Å². The van der Waals surface area contributed by atoms with Gasteiger partial charge in [-0.05, 0) is 48.7 Å². The fourth-order valence-electron chi connectivity index (χ4n) is 2.67. The van der Waals surface area contributed by atoms with Gasteiger partial charge in [0.2, 0.25) is 0 Å². The summed E-state index contributed by atoms with van der Waals surface area (Å²) in [6.45, 7) is 0.